The van der Waals surface area contributed by atoms with Gasteiger partial charge in [0.1, 0.15) is 12.0 Å². The Morgan fingerprint density at radius 2 is 1.29 bits per heavy atom. The van der Waals surface area contributed by atoms with Gasteiger partial charge in [0.05, 0.1) is 37.0 Å². The molecule has 4 aliphatic heterocycles. The van der Waals surface area contributed by atoms with Crippen molar-refractivity contribution in [3.63, 3.8) is 0 Å². The molecule has 0 radical (unpaired) electrons. The Hall–Kier alpha value is -3.50. The first-order valence-electron chi connectivity index (χ1n) is 13.2. The zero-order valence-corrected chi connectivity index (χ0v) is 24.1. The van der Waals surface area contributed by atoms with Crippen LogP contribution in [0, 0.1) is 11.8 Å². The van der Waals surface area contributed by atoms with Crippen LogP contribution in [0.1, 0.15) is 34.1 Å². The fourth-order valence-electron chi connectivity index (χ4n) is 5.30. The highest BCUT2D eigenvalue weighted by Crippen LogP contribution is 2.45. The third kappa shape index (κ3) is 6.93. The van der Waals surface area contributed by atoms with E-state index in [1.54, 1.807) is 12.2 Å². The molecule has 2 unspecified atom stereocenters. The molecular weight excluding hydrogens is 582 g/mol. The summed E-state index contributed by atoms with van der Waals surface area (Å²) >= 11 is 0.974. The van der Waals surface area contributed by atoms with E-state index < -0.39 is 83.9 Å². The van der Waals surface area contributed by atoms with Crippen LogP contribution in [0.5, 0.6) is 0 Å². The molecule has 15 nitrogen and oxygen atoms in total. The van der Waals surface area contributed by atoms with Crippen molar-refractivity contribution in [2.24, 2.45) is 11.8 Å². The number of thioether (sulfide) groups is 1. The number of hydrogen-bond acceptors (Lipinski definition) is 15. The summed E-state index contributed by atoms with van der Waals surface area (Å²) in [7, 11) is 0. The van der Waals surface area contributed by atoms with Crippen LogP contribution in [0.2, 0.25) is 0 Å². The van der Waals surface area contributed by atoms with E-state index in [-0.39, 0.29) is 37.1 Å². The minimum atomic E-state index is -1.52. The number of fused-ring (bicyclic) bond motifs is 5. The quantitative estimate of drug-likeness (QED) is 0.127. The number of esters is 5. The molecule has 9 atom stereocenters. The van der Waals surface area contributed by atoms with Crippen molar-refractivity contribution in [2.75, 3.05) is 18.9 Å². The molecule has 4 aliphatic rings. The monoisotopic (exact) mass is 613 g/mol. The van der Waals surface area contributed by atoms with Crippen LogP contribution in [-0.2, 0) is 66.7 Å². The zero-order valence-electron chi connectivity index (χ0n) is 23.3. The number of ether oxygens (including phenoxy) is 7. The SMILES string of the molecule is CC(=O)O[C@H]1O[C@@H](SCCC(=O)OCCN2C(=O)[C@@H]3C4C=CC(O4)[C@@H]3C2=O)[C@H](OC(C)=O)[C@@H](OC(C)=O)[C@@H]1OC(C)=O. The van der Waals surface area contributed by atoms with Gasteiger partial charge in [-0.05, 0) is 0 Å². The topological polar surface area (TPSA) is 187 Å². The van der Waals surface area contributed by atoms with Crippen molar-refractivity contribution in [1.29, 1.82) is 0 Å². The van der Waals surface area contributed by atoms with Crippen molar-refractivity contribution in [2.45, 2.75) is 76.4 Å². The standard InChI is InChI=1S/C26H31NO14S/c1-11(28)36-20-21(37-12(2)29)25(39-14(4)31)41-26(22(20)38-13(3)30)42-10-7-17(32)35-9-8-27-23(33)18-15-5-6-16(40-15)19(18)24(27)34/h5-6,15-16,18-22,25-26H,7-10H2,1-4H3/t15?,16?,18-,19+,20-,21-,22+,25-,26-/m0/s1. The Morgan fingerprint density at radius 1 is 0.762 bits per heavy atom. The molecule has 3 fully saturated rings. The molecule has 0 saturated carbocycles. The van der Waals surface area contributed by atoms with Gasteiger partial charge in [-0.25, -0.2) is 0 Å². The Bertz CT molecular complexity index is 1140. The molecule has 0 spiro atoms. The molecule has 0 aromatic rings. The summed E-state index contributed by atoms with van der Waals surface area (Å²) in [4.78, 5) is 86.1. The predicted octanol–water partition coefficient (Wildman–Crippen LogP) is -0.368. The van der Waals surface area contributed by atoms with Crippen molar-refractivity contribution >= 4 is 53.4 Å². The maximum absolute atomic E-state index is 12.7. The summed E-state index contributed by atoms with van der Waals surface area (Å²) < 4.78 is 37.6. The Kier molecular flexibility index (Phi) is 9.89. The highest BCUT2D eigenvalue weighted by molar-refractivity contribution is 7.99. The second kappa shape index (κ2) is 13.2. The van der Waals surface area contributed by atoms with Crippen LogP contribution in [0.4, 0.5) is 0 Å². The van der Waals surface area contributed by atoms with Crippen molar-refractivity contribution < 1.29 is 66.7 Å². The van der Waals surface area contributed by atoms with Crippen molar-refractivity contribution in [1.82, 2.24) is 4.90 Å². The van der Waals surface area contributed by atoms with E-state index in [2.05, 4.69) is 0 Å². The molecule has 42 heavy (non-hydrogen) atoms. The van der Waals surface area contributed by atoms with Crippen LogP contribution in [0.25, 0.3) is 0 Å². The number of carbonyl (C=O) groups is 7. The summed E-state index contributed by atoms with van der Waals surface area (Å²) in [5.74, 6) is -5.52. The molecule has 0 aliphatic carbocycles. The van der Waals surface area contributed by atoms with Gasteiger partial charge < -0.3 is 33.2 Å². The maximum atomic E-state index is 12.7. The number of carbonyl (C=O) groups excluding carboxylic acids is 7. The largest absolute Gasteiger partial charge is 0.464 e. The molecule has 0 aromatic heterocycles. The van der Waals surface area contributed by atoms with Crippen LogP contribution < -0.4 is 0 Å². The molecule has 2 amide bonds. The number of likely N-dealkylation sites (tertiary alicyclic amines) is 1. The van der Waals surface area contributed by atoms with Gasteiger partial charge in [-0.2, -0.15) is 0 Å². The van der Waals surface area contributed by atoms with E-state index in [1.165, 1.54) is 0 Å². The van der Waals surface area contributed by atoms with Crippen molar-refractivity contribution in [3.8, 4) is 0 Å². The first kappa shape index (κ1) is 31.4. The van der Waals surface area contributed by atoms with E-state index in [4.69, 9.17) is 33.2 Å². The lowest BCUT2D eigenvalue weighted by Crippen LogP contribution is -2.61. The lowest BCUT2D eigenvalue weighted by molar-refractivity contribution is -0.280. The molecule has 0 aromatic carbocycles. The van der Waals surface area contributed by atoms with E-state index in [1.807, 2.05) is 0 Å². The number of nitrogens with zero attached hydrogens (tertiary/aromatic N) is 1. The fourth-order valence-corrected chi connectivity index (χ4v) is 6.40. The average Bonchev–Trinajstić information content (AvgIpc) is 3.57. The van der Waals surface area contributed by atoms with Gasteiger partial charge in [0.2, 0.25) is 24.2 Å². The lowest BCUT2D eigenvalue weighted by atomic mass is 9.85. The second-order valence-electron chi connectivity index (χ2n) is 9.88. The molecule has 4 heterocycles. The molecule has 16 heteroatoms. The maximum Gasteiger partial charge on any atom is 0.306 e. The first-order valence-corrected chi connectivity index (χ1v) is 14.2. The fraction of sp³-hybridized carbons (Fsp3) is 0.654. The Morgan fingerprint density at radius 3 is 1.83 bits per heavy atom. The van der Waals surface area contributed by atoms with Crippen molar-refractivity contribution in [3.05, 3.63) is 12.2 Å². The second-order valence-corrected chi connectivity index (χ2v) is 11.1. The normalized spacial score (nSPS) is 32.8. The van der Waals surface area contributed by atoms with Gasteiger partial charge in [-0.15, -0.1) is 11.8 Å². The number of amides is 2. The van der Waals surface area contributed by atoms with E-state index in [9.17, 15) is 33.6 Å². The molecule has 2 bridgehead atoms. The lowest BCUT2D eigenvalue weighted by Gasteiger charge is -2.43. The van der Waals surface area contributed by atoms with Crippen LogP contribution in [0.15, 0.2) is 12.2 Å². The summed E-state index contributed by atoms with van der Waals surface area (Å²) in [6, 6.07) is 0. The smallest absolute Gasteiger partial charge is 0.306 e. The minimum absolute atomic E-state index is 0.0527. The van der Waals surface area contributed by atoms with E-state index >= 15 is 0 Å². The van der Waals surface area contributed by atoms with Crippen LogP contribution >= 0.6 is 11.8 Å². The van der Waals surface area contributed by atoms with E-state index in [0.29, 0.717) is 0 Å². The van der Waals surface area contributed by atoms with Gasteiger partial charge >= 0.3 is 29.8 Å². The molecule has 3 saturated heterocycles. The molecule has 230 valence electrons. The first-order chi connectivity index (χ1) is 19.9. The zero-order chi connectivity index (χ0) is 30.7. The Labute approximate surface area is 244 Å². The highest BCUT2D eigenvalue weighted by Gasteiger charge is 2.60. The van der Waals surface area contributed by atoms with Gasteiger partial charge in [-0.1, -0.05) is 12.2 Å². The summed E-state index contributed by atoms with van der Waals surface area (Å²) in [6.45, 7) is 4.09. The molecule has 4 rings (SSSR count). The van der Waals surface area contributed by atoms with Gasteiger partial charge in [-0.3, -0.25) is 38.5 Å². The average molecular weight is 614 g/mol. The highest BCUT2D eigenvalue weighted by atomic mass is 32.2. The number of rotatable bonds is 11. The minimum Gasteiger partial charge on any atom is -0.464 e. The number of hydrogen-bond donors (Lipinski definition) is 0. The van der Waals surface area contributed by atoms with Crippen LogP contribution in [0.3, 0.4) is 0 Å². The molecule has 0 N–H and O–H groups in total. The van der Waals surface area contributed by atoms with Gasteiger partial charge in [0.25, 0.3) is 0 Å². The van der Waals surface area contributed by atoms with Gasteiger partial charge in [0, 0.05) is 33.4 Å². The summed E-state index contributed by atoms with van der Waals surface area (Å²) in [5, 5.41) is 0. The molecular formula is C26H31NO14S. The Balaban J connectivity index is 1.33. The van der Waals surface area contributed by atoms with Gasteiger partial charge in [0.15, 0.2) is 12.2 Å². The number of imide groups is 1. The predicted molar refractivity (Wildman–Crippen MR) is 137 cm³/mol. The third-order valence-electron chi connectivity index (χ3n) is 6.81. The summed E-state index contributed by atoms with van der Waals surface area (Å²) in [6.07, 6.45) is -3.09. The van der Waals surface area contributed by atoms with Crippen LogP contribution in [-0.4, -0.2) is 108 Å². The summed E-state index contributed by atoms with van der Waals surface area (Å²) in [5.41, 5.74) is -1.12. The van der Waals surface area contributed by atoms with E-state index in [0.717, 1.165) is 44.4 Å². The third-order valence-corrected chi connectivity index (χ3v) is 7.96.